The number of anilines is 2. The van der Waals surface area contributed by atoms with Gasteiger partial charge < -0.3 is 10.2 Å². The molecule has 2 aromatic carbocycles. The zero-order chi connectivity index (χ0) is 20.4. The number of hydrogen-bond acceptors (Lipinski definition) is 5. The molecule has 29 heavy (non-hydrogen) atoms. The molecule has 1 atom stereocenters. The molecule has 0 spiro atoms. The maximum Gasteiger partial charge on any atom is 0.230 e. The quantitative estimate of drug-likeness (QED) is 0.698. The molecule has 1 aliphatic rings. The predicted molar refractivity (Wildman–Crippen MR) is 114 cm³/mol. The number of rotatable bonds is 5. The van der Waals surface area contributed by atoms with E-state index in [1.165, 1.54) is 11.3 Å². The van der Waals surface area contributed by atoms with Gasteiger partial charge in [-0.25, -0.2) is 0 Å². The van der Waals surface area contributed by atoms with Crippen molar-refractivity contribution in [2.75, 3.05) is 16.8 Å². The number of carbonyl (C=O) groups is 2. The number of nitrogens with zero attached hydrogens (tertiary/aromatic N) is 3. The van der Waals surface area contributed by atoms with E-state index in [1.807, 2.05) is 67.3 Å². The van der Waals surface area contributed by atoms with Crippen LogP contribution in [0.25, 0.3) is 0 Å². The Morgan fingerprint density at radius 3 is 2.66 bits per heavy atom. The number of amides is 2. The molecule has 1 saturated heterocycles. The molecule has 0 unspecified atom stereocenters. The predicted octanol–water partition coefficient (Wildman–Crippen LogP) is 3.86. The third-order valence-electron chi connectivity index (χ3n) is 5.05. The highest BCUT2D eigenvalue weighted by molar-refractivity contribution is 7.15. The first-order chi connectivity index (χ1) is 14.0. The molecule has 0 saturated carbocycles. The first-order valence-electron chi connectivity index (χ1n) is 9.54. The van der Waals surface area contributed by atoms with Gasteiger partial charge >= 0.3 is 0 Å². The second-order valence-electron chi connectivity index (χ2n) is 7.35. The van der Waals surface area contributed by atoms with Crippen molar-refractivity contribution in [3.8, 4) is 0 Å². The smallest absolute Gasteiger partial charge is 0.230 e. The van der Waals surface area contributed by atoms with Crippen molar-refractivity contribution in [3.05, 3.63) is 70.2 Å². The number of aromatic nitrogens is 2. The molecule has 148 valence electrons. The van der Waals surface area contributed by atoms with Crippen LogP contribution in [0.5, 0.6) is 0 Å². The van der Waals surface area contributed by atoms with Crippen molar-refractivity contribution in [2.24, 2.45) is 0 Å². The maximum atomic E-state index is 12.5. The molecule has 1 N–H and O–H groups in total. The third-order valence-corrected chi connectivity index (χ3v) is 6.05. The Balaban J connectivity index is 1.40. The van der Waals surface area contributed by atoms with Gasteiger partial charge in [-0.2, -0.15) is 0 Å². The molecule has 1 aliphatic heterocycles. The summed E-state index contributed by atoms with van der Waals surface area (Å²) < 4.78 is 0. The van der Waals surface area contributed by atoms with Crippen LogP contribution >= 0.6 is 11.3 Å². The van der Waals surface area contributed by atoms with Crippen LogP contribution in [0, 0.1) is 13.8 Å². The van der Waals surface area contributed by atoms with E-state index in [-0.39, 0.29) is 24.2 Å². The van der Waals surface area contributed by atoms with Crippen molar-refractivity contribution < 1.29 is 9.59 Å². The van der Waals surface area contributed by atoms with Gasteiger partial charge in [0.05, 0.1) is 6.42 Å². The van der Waals surface area contributed by atoms with E-state index in [4.69, 9.17) is 0 Å². The average molecular weight is 407 g/mol. The molecule has 1 fully saturated rings. The second kappa shape index (κ2) is 8.13. The highest BCUT2D eigenvalue weighted by atomic mass is 32.1. The largest absolute Gasteiger partial charge is 0.311 e. The Kier molecular flexibility index (Phi) is 5.40. The van der Waals surface area contributed by atoms with E-state index < -0.39 is 0 Å². The molecule has 0 aliphatic carbocycles. The van der Waals surface area contributed by atoms with Crippen LogP contribution in [-0.4, -0.2) is 28.6 Å². The van der Waals surface area contributed by atoms with Gasteiger partial charge in [-0.3, -0.25) is 9.59 Å². The summed E-state index contributed by atoms with van der Waals surface area (Å²) in [4.78, 5) is 26.6. The lowest BCUT2D eigenvalue weighted by Crippen LogP contribution is -2.25. The first kappa shape index (κ1) is 19.3. The summed E-state index contributed by atoms with van der Waals surface area (Å²) in [6.45, 7) is 4.60. The van der Waals surface area contributed by atoms with Crippen molar-refractivity contribution in [3.63, 3.8) is 0 Å². The molecule has 3 aromatic rings. The van der Waals surface area contributed by atoms with Gasteiger partial charge in [0.15, 0.2) is 0 Å². The standard InChI is InChI=1S/C22H22N4O2S/c1-14-7-9-16(10-8-14)11-19(27)23-22-25-24-21(29-22)17-12-20(28)26(13-17)18-6-4-3-5-15(18)2/h3-10,17H,11-13H2,1-2H3,(H,23,25,27)/t17-/m0/s1. The van der Waals surface area contributed by atoms with Crippen LogP contribution in [0.1, 0.15) is 34.0 Å². The van der Waals surface area contributed by atoms with Crippen molar-refractivity contribution in [1.82, 2.24) is 10.2 Å². The summed E-state index contributed by atoms with van der Waals surface area (Å²) in [5.41, 5.74) is 4.13. The topological polar surface area (TPSA) is 75.2 Å². The van der Waals surface area contributed by atoms with Gasteiger partial charge in [0.1, 0.15) is 5.01 Å². The van der Waals surface area contributed by atoms with E-state index in [0.717, 1.165) is 27.4 Å². The van der Waals surface area contributed by atoms with Crippen molar-refractivity contribution in [1.29, 1.82) is 0 Å². The van der Waals surface area contributed by atoms with Crippen LogP contribution in [0.15, 0.2) is 48.5 Å². The van der Waals surface area contributed by atoms with Gasteiger partial charge in [-0.1, -0.05) is 59.4 Å². The van der Waals surface area contributed by atoms with Gasteiger partial charge in [-0.05, 0) is 31.0 Å². The highest BCUT2D eigenvalue weighted by Crippen LogP contribution is 2.35. The molecule has 6 nitrogen and oxygen atoms in total. The Hall–Kier alpha value is -3.06. The summed E-state index contributed by atoms with van der Waals surface area (Å²) in [5.74, 6) is -0.0487. The molecule has 0 bridgehead atoms. The van der Waals surface area contributed by atoms with Crippen molar-refractivity contribution in [2.45, 2.75) is 32.6 Å². The number of nitrogens with one attached hydrogen (secondary N) is 1. The minimum Gasteiger partial charge on any atom is -0.311 e. The van der Waals surface area contributed by atoms with Crippen LogP contribution in [0.2, 0.25) is 0 Å². The van der Waals surface area contributed by atoms with Crippen LogP contribution in [0.3, 0.4) is 0 Å². The Morgan fingerprint density at radius 1 is 1.14 bits per heavy atom. The van der Waals surface area contributed by atoms with Gasteiger partial charge in [0, 0.05) is 24.6 Å². The van der Waals surface area contributed by atoms with E-state index in [9.17, 15) is 9.59 Å². The fourth-order valence-corrected chi connectivity index (χ4v) is 4.33. The minimum atomic E-state index is -0.124. The maximum absolute atomic E-state index is 12.5. The van der Waals surface area contributed by atoms with Gasteiger partial charge in [-0.15, -0.1) is 10.2 Å². The lowest BCUT2D eigenvalue weighted by atomic mass is 10.1. The third kappa shape index (κ3) is 4.35. The zero-order valence-corrected chi connectivity index (χ0v) is 17.2. The van der Waals surface area contributed by atoms with E-state index in [1.54, 1.807) is 0 Å². The highest BCUT2D eigenvalue weighted by Gasteiger charge is 2.34. The Labute approximate surface area is 173 Å². The van der Waals surface area contributed by atoms with E-state index >= 15 is 0 Å². The summed E-state index contributed by atoms with van der Waals surface area (Å²) in [5, 5.41) is 12.4. The number of benzene rings is 2. The van der Waals surface area contributed by atoms with Crippen molar-refractivity contribution >= 4 is 34.0 Å². The molecule has 4 rings (SSSR count). The molecular formula is C22H22N4O2S. The van der Waals surface area contributed by atoms with Crippen LogP contribution in [0.4, 0.5) is 10.8 Å². The average Bonchev–Trinajstić information content (AvgIpc) is 3.31. The van der Waals surface area contributed by atoms with E-state index in [2.05, 4.69) is 15.5 Å². The number of hydrogen-bond donors (Lipinski definition) is 1. The van der Waals surface area contributed by atoms with Gasteiger partial charge in [0.2, 0.25) is 16.9 Å². The summed E-state index contributed by atoms with van der Waals surface area (Å²) in [7, 11) is 0. The molecule has 7 heteroatoms. The SMILES string of the molecule is Cc1ccc(CC(=O)Nc2nnc([C@H]3CC(=O)N(c4ccccc4C)C3)s2)cc1. The molecular weight excluding hydrogens is 384 g/mol. The number of carbonyl (C=O) groups excluding carboxylic acids is 2. The van der Waals surface area contributed by atoms with E-state index in [0.29, 0.717) is 18.1 Å². The first-order valence-corrected chi connectivity index (χ1v) is 10.4. The van der Waals surface area contributed by atoms with Crippen LogP contribution in [-0.2, 0) is 16.0 Å². The summed E-state index contributed by atoms with van der Waals surface area (Å²) >= 11 is 1.34. The van der Waals surface area contributed by atoms with Crippen LogP contribution < -0.4 is 10.2 Å². The number of para-hydroxylation sites is 1. The normalized spacial score (nSPS) is 16.3. The van der Waals surface area contributed by atoms with Gasteiger partial charge in [0.25, 0.3) is 0 Å². The molecule has 2 heterocycles. The Bertz CT molecular complexity index is 1040. The molecule has 2 amide bonds. The lowest BCUT2D eigenvalue weighted by molar-refractivity contribution is -0.117. The monoisotopic (exact) mass is 406 g/mol. The molecule has 1 aromatic heterocycles. The number of aryl methyl sites for hydroxylation is 2. The summed E-state index contributed by atoms with van der Waals surface area (Å²) in [6.07, 6.45) is 0.693. The minimum absolute atomic E-state index is 0.0117. The zero-order valence-electron chi connectivity index (χ0n) is 16.4. The summed E-state index contributed by atoms with van der Waals surface area (Å²) in [6, 6.07) is 15.7. The molecule has 0 radical (unpaired) electrons. The lowest BCUT2D eigenvalue weighted by Gasteiger charge is -2.18. The fraction of sp³-hybridized carbons (Fsp3) is 0.273. The fourth-order valence-electron chi connectivity index (χ4n) is 3.48. The second-order valence-corrected chi connectivity index (χ2v) is 8.36. The Morgan fingerprint density at radius 2 is 1.90 bits per heavy atom.